The van der Waals surface area contributed by atoms with Gasteiger partial charge in [0, 0.05) is 12.6 Å². The first-order valence-corrected chi connectivity index (χ1v) is 6.58. The minimum absolute atomic E-state index is 0.201. The topological polar surface area (TPSA) is 15.3 Å². The number of rotatable bonds is 5. The molecule has 1 N–H and O–H groups in total. The second-order valence-corrected chi connectivity index (χ2v) is 5.26. The Morgan fingerprint density at radius 3 is 2.59 bits per heavy atom. The molecule has 1 unspecified atom stereocenters. The lowest BCUT2D eigenvalue weighted by Gasteiger charge is -2.33. The van der Waals surface area contributed by atoms with Crippen LogP contribution in [0.15, 0.2) is 0 Å². The highest BCUT2D eigenvalue weighted by Crippen LogP contribution is 2.33. The molecule has 0 bridgehead atoms. The van der Waals surface area contributed by atoms with Gasteiger partial charge in [0.05, 0.1) is 5.92 Å². The Hall–Kier alpha value is -0.290. The van der Waals surface area contributed by atoms with Crippen molar-refractivity contribution in [2.75, 3.05) is 26.2 Å². The van der Waals surface area contributed by atoms with E-state index < -0.39 is 12.1 Å². The second-order valence-electron chi connectivity index (χ2n) is 5.26. The Morgan fingerprint density at radius 1 is 1.18 bits per heavy atom. The first-order valence-electron chi connectivity index (χ1n) is 6.58. The zero-order chi connectivity index (χ0) is 12.3. The molecule has 0 spiro atoms. The van der Waals surface area contributed by atoms with Crippen molar-refractivity contribution in [3.05, 3.63) is 0 Å². The minimum atomic E-state index is -4.01. The van der Waals surface area contributed by atoms with Crippen LogP contribution in [0, 0.1) is 5.92 Å². The first-order chi connectivity index (χ1) is 8.05. The molecule has 1 heterocycles. The Balaban J connectivity index is 1.62. The quantitative estimate of drug-likeness (QED) is 0.754. The summed E-state index contributed by atoms with van der Waals surface area (Å²) in [4.78, 5) is 1.97. The van der Waals surface area contributed by atoms with Crippen LogP contribution < -0.4 is 5.32 Å². The summed E-state index contributed by atoms with van der Waals surface area (Å²) in [7, 11) is 0. The van der Waals surface area contributed by atoms with Gasteiger partial charge in [0.1, 0.15) is 0 Å². The Morgan fingerprint density at radius 2 is 1.94 bits per heavy atom. The number of likely N-dealkylation sites (tertiary alicyclic amines) is 1. The molecule has 1 aliphatic carbocycles. The maximum absolute atomic E-state index is 12.6. The SMILES string of the molecule is FC(F)(F)C1CCCN(CCCNC2CC2)C1. The molecule has 100 valence electrons. The maximum atomic E-state index is 12.6. The van der Waals surface area contributed by atoms with E-state index >= 15 is 0 Å². The predicted octanol–water partition coefficient (Wildman–Crippen LogP) is 2.40. The van der Waals surface area contributed by atoms with Crippen LogP contribution >= 0.6 is 0 Å². The van der Waals surface area contributed by atoms with Crippen molar-refractivity contribution in [2.24, 2.45) is 5.92 Å². The summed E-state index contributed by atoms with van der Waals surface area (Å²) in [5.74, 6) is -1.10. The van der Waals surface area contributed by atoms with Gasteiger partial charge in [0.25, 0.3) is 0 Å². The number of hydrogen-bond donors (Lipinski definition) is 1. The first kappa shape index (κ1) is 13.1. The van der Waals surface area contributed by atoms with Crippen LogP contribution in [-0.4, -0.2) is 43.3 Å². The lowest BCUT2D eigenvalue weighted by atomic mass is 9.97. The maximum Gasteiger partial charge on any atom is 0.393 e. The van der Waals surface area contributed by atoms with E-state index in [1.165, 1.54) is 12.8 Å². The summed E-state index contributed by atoms with van der Waals surface area (Å²) in [5, 5.41) is 3.39. The fourth-order valence-electron chi connectivity index (χ4n) is 2.42. The van der Waals surface area contributed by atoms with Crippen LogP contribution in [0.25, 0.3) is 0 Å². The number of nitrogens with one attached hydrogen (secondary N) is 1. The van der Waals surface area contributed by atoms with Gasteiger partial charge >= 0.3 is 6.18 Å². The molecule has 0 aromatic rings. The molecule has 2 nitrogen and oxygen atoms in total. The zero-order valence-electron chi connectivity index (χ0n) is 10.1. The Kier molecular flexibility index (Phi) is 4.31. The van der Waals surface area contributed by atoms with Gasteiger partial charge in [-0.05, 0) is 51.7 Å². The summed E-state index contributed by atoms with van der Waals surface area (Å²) in [6, 6.07) is 0.694. The van der Waals surface area contributed by atoms with Gasteiger partial charge in [-0.2, -0.15) is 13.2 Å². The van der Waals surface area contributed by atoms with Gasteiger partial charge in [0.15, 0.2) is 0 Å². The van der Waals surface area contributed by atoms with Crippen LogP contribution in [0.2, 0.25) is 0 Å². The van der Waals surface area contributed by atoms with Crippen molar-refractivity contribution < 1.29 is 13.2 Å². The van der Waals surface area contributed by atoms with Gasteiger partial charge in [0.2, 0.25) is 0 Å². The second kappa shape index (κ2) is 5.57. The van der Waals surface area contributed by atoms with Crippen LogP contribution in [0.1, 0.15) is 32.1 Å². The molecule has 2 rings (SSSR count). The summed E-state index contributed by atoms with van der Waals surface area (Å²) in [6.45, 7) is 2.77. The van der Waals surface area contributed by atoms with Crippen molar-refractivity contribution in [2.45, 2.75) is 44.3 Å². The molecule has 1 saturated heterocycles. The summed E-state index contributed by atoms with van der Waals surface area (Å²) < 4.78 is 37.7. The molecular formula is C12H21F3N2. The van der Waals surface area contributed by atoms with E-state index in [0.717, 1.165) is 26.1 Å². The van der Waals surface area contributed by atoms with Crippen LogP contribution in [-0.2, 0) is 0 Å². The molecule has 0 aromatic carbocycles. The van der Waals surface area contributed by atoms with Crippen molar-refractivity contribution in [1.29, 1.82) is 0 Å². The monoisotopic (exact) mass is 250 g/mol. The molecular weight excluding hydrogens is 229 g/mol. The highest BCUT2D eigenvalue weighted by Gasteiger charge is 2.41. The number of hydrogen-bond acceptors (Lipinski definition) is 2. The third kappa shape index (κ3) is 4.47. The average molecular weight is 250 g/mol. The highest BCUT2D eigenvalue weighted by atomic mass is 19.4. The fourth-order valence-corrected chi connectivity index (χ4v) is 2.42. The molecule has 17 heavy (non-hydrogen) atoms. The normalized spacial score (nSPS) is 27.4. The molecule has 2 fully saturated rings. The highest BCUT2D eigenvalue weighted by molar-refractivity contribution is 4.81. The van der Waals surface area contributed by atoms with E-state index in [1.807, 2.05) is 4.90 Å². The van der Waals surface area contributed by atoms with Gasteiger partial charge in [-0.25, -0.2) is 0 Å². The molecule has 1 saturated carbocycles. The smallest absolute Gasteiger partial charge is 0.314 e. The van der Waals surface area contributed by atoms with Crippen molar-refractivity contribution in [3.8, 4) is 0 Å². The molecule has 0 radical (unpaired) electrons. The van der Waals surface area contributed by atoms with Gasteiger partial charge in [-0.1, -0.05) is 0 Å². The van der Waals surface area contributed by atoms with Crippen molar-refractivity contribution in [3.63, 3.8) is 0 Å². The van der Waals surface area contributed by atoms with Crippen molar-refractivity contribution in [1.82, 2.24) is 10.2 Å². The molecule has 0 amide bonds. The molecule has 2 aliphatic rings. The molecule has 0 aromatic heterocycles. The number of piperidine rings is 1. The molecule has 5 heteroatoms. The third-order valence-electron chi connectivity index (χ3n) is 3.63. The summed E-state index contributed by atoms with van der Waals surface area (Å²) in [5.41, 5.74) is 0. The van der Waals surface area contributed by atoms with E-state index in [2.05, 4.69) is 5.32 Å². The lowest BCUT2D eigenvalue weighted by Crippen LogP contribution is -2.42. The zero-order valence-corrected chi connectivity index (χ0v) is 10.1. The van der Waals surface area contributed by atoms with Crippen LogP contribution in [0.4, 0.5) is 13.2 Å². The predicted molar refractivity (Wildman–Crippen MR) is 60.9 cm³/mol. The fraction of sp³-hybridized carbons (Fsp3) is 1.00. The third-order valence-corrected chi connectivity index (χ3v) is 3.63. The van der Waals surface area contributed by atoms with E-state index in [-0.39, 0.29) is 6.54 Å². The lowest BCUT2D eigenvalue weighted by molar-refractivity contribution is -0.186. The van der Waals surface area contributed by atoms with Crippen LogP contribution in [0.5, 0.6) is 0 Å². The minimum Gasteiger partial charge on any atom is -0.314 e. The van der Waals surface area contributed by atoms with Gasteiger partial charge < -0.3 is 10.2 Å². The standard InChI is InChI=1S/C12H21F3N2/c13-12(14,15)10-3-1-7-17(9-10)8-2-6-16-11-4-5-11/h10-11,16H,1-9H2. The number of halogens is 3. The van der Waals surface area contributed by atoms with E-state index in [0.29, 0.717) is 18.9 Å². The largest absolute Gasteiger partial charge is 0.393 e. The average Bonchev–Trinajstić information content (AvgIpc) is 3.08. The Labute approximate surface area is 101 Å². The van der Waals surface area contributed by atoms with E-state index in [4.69, 9.17) is 0 Å². The van der Waals surface area contributed by atoms with E-state index in [1.54, 1.807) is 0 Å². The molecule has 1 atom stereocenters. The van der Waals surface area contributed by atoms with Crippen LogP contribution in [0.3, 0.4) is 0 Å². The number of alkyl halides is 3. The number of nitrogens with zero attached hydrogens (tertiary/aromatic N) is 1. The van der Waals surface area contributed by atoms with Gasteiger partial charge in [-0.15, -0.1) is 0 Å². The van der Waals surface area contributed by atoms with E-state index in [9.17, 15) is 13.2 Å². The summed E-state index contributed by atoms with van der Waals surface area (Å²) >= 11 is 0. The molecule has 1 aliphatic heterocycles. The Bertz CT molecular complexity index is 238. The summed E-state index contributed by atoms with van der Waals surface area (Å²) in [6.07, 6.45) is 0.465. The van der Waals surface area contributed by atoms with Gasteiger partial charge in [-0.3, -0.25) is 0 Å². The van der Waals surface area contributed by atoms with Crippen molar-refractivity contribution >= 4 is 0 Å².